The van der Waals surface area contributed by atoms with Crippen molar-refractivity contribution in [3.63, 3.8) is 0 Å². The highest BCUT2D eigenvalue weighted by molar-refractivity contribution is 7.12. The van der Waals surface area contributed by atoms with Crippen molar-refractivity contribution in [2.75, 3.05) is 19.6 Å². The van der Waals surface area contributed by atoms with Crippen molar-refractivity contribution in [1.82, 2.24) is 15.8 Å². The Balaban J connectivity index is 1.74. The lowest BCUT2D eigenvalue weighted by Crippen LogP contribution is -2.52. The Labute approximate surface area is 122 Å². The molecule has 1 aliphatic heterocycles. The van der Waals surface area contributed by atoms with Crippen molar-refractivity contribution in [2.24, 2.45) is 11.7 Å². The van der Waals surface area contributed by atoms with Crippen LogP contribution in [0.3, 0.4) is 0 Å². The number of carbonyl (C=O) groups excluding carboxylic acids is 2. The van der Waals surface area contributed by atoms with Crippen molar-refractivity contribution in [3.05, 3.63) is 22.4 Å². The largest absolute Gasteiger partial charge is 0.327 e. The van der Waals surface area contributed by atoms with Gasteiger partial charge < -0.3 is 5.73 Å². The molecule has 0 bridgehead atoms. The van der Waals surface area contributed by atoms with Gasteiger partial charge in [0.2, 0.25) is 0 Å². The molecule has 110 valence electrons. The van der Waals surface area contributed by atoms with Gasteiger partial charge in [-0.3, -0.25) is 25.3 Å². The van der Waals surface area contributed by atoms with Gasteiger partial charge in [0.15, 0.2) is 0 Å². The molecule has 7 heteroatoms. The third-order valence-corrected chi connectivity index (χ3v) is 4.06. The van der Waals surface area contributed by atoms with Gasteiger partial charge in [0.25, 0.3) is 11.8 Å². The van der Waals surface area contributed by atoms with E-state index >= 15 is 0 Å². The molecule has 1 aliphatic rings. The first-order chi connectivity index (χ1) is 9.54. The summed E-state index contributed by atoms with van der Waals surface area (Å²) >= 11 is 1.33. The first kappa shape index (κ1) is 15.0. The summed E-state index contributed by atoms with van der Waals surface area (Å²) in [6, 6.07) is 3.61. The number of piperidine rings is 1. The number of rotatable bonds is 3. The standard InChI is InChI=1S/C13H20N4O2S/c1-9-5-10(14)7-17(6-9)8-12(18)15-16-13(19)11-3-2-4-20-11/h2-4,9-10H,5-8,14H2,1H3,(H,15,18)(H,16,19). The molecule has 1 fully saturated rings. The van der Waals surface area contributed by atoms with Gasteiger partial charge in [-0.25, -0.2) is 0 Å². The van der Waals surface area contributed by atoms with E-state index in [0.29, 0.717) is 10.8 Å². The Morgan fingerprint density at radius 1 is 1.45 bits per heavy atom. The number of carbonyl (C=O) groups is 2. The lowest BCUT2D eigenvalue weighted by molar-refractivity contribution is -0.123. The number of nitrogens with two attached hydrogens (primary N) is 1. The Morgan fingerprint density at radius 3 is 2.90 bits per heavy atom. The zero-order valence-electron chi connectivity index (χ0n) is 11.5. The van der Waals surface area contributed by atoms with E-state index < -0.39 is 0 Å². The van der Waals surface area contributed by atoms with E-state index in [2.05, 4.69) is 17.8 Å². The fraction of sp³-hybridized carbons (Fsp3) is 0.538. The molecule has 20 heavy (non-hydrogen) atoms. The number of likely N-dealkylation sites (tertiary alicyclic amines) is 1. The molecular formula is C13H20N4O2S. The van der Waals surface area contributed by atoms with E-state index in [4.69, 9.17) is 5.73 Å². The fourth-order valence-electron chi connectivity index (χ4n) is 2.48. The normalized spacial score (nSPS) is 23.3. The molecule has 2 amide bonds. The Morgan fingerprint density at radius 2 is 2.25 bits per heavy atom. The van der Waals surface area contributed by atoms with Crippen LogP contribution in [0.1, 0.15) is 23.0 Å². The predicted octanol–water partition coefficient (Wildman–Crippen LogP) is 0.178. The molecule has 6 nitrogen and oxygen atoms in total. The number of thiophene rings is 1. The highest BCUT2D eigenvalue weighted by Gasteiger charge is 2.23. The van der Waals surface area contributed by atoms with Crippen LogP contribution in [-0.4, -0.2) is 42.4 Å². The Kier molecular flexibility index (Phi) is 5.11. The maximum absolute atomic E-state index is 11.8. The summed E-state index contributed by atoms with van der Waals surface area (Å²) in [4.78, 5) is 26.0. The molecule has 0 spiro atoms. The van der Waals surface area contributed by atoms with E-state index in [9.17, 15) is 9.59 Å². The molecule has 2 atom stereocenters. The summed E-state index contributed by atoms with van der Waals surface area (Å²) in [6.45, 7) is 3.96. The zero-order valence-corrected chi connectivity index (χ0v) is 12.3. The number of hydrogen-bond donors (Lipinski definition) is 3. The number of amides is 2. The zero-order chi connectivity index (χ0) is 14.5. The third kappa shape index (κ3) is 4.29. The monoisotopic (exact) mass is 296 g/mol. The molecule has 2 rings (SSSR count). The quantitative estimate of drug-likeness (QED) is 0.694. The average Bonchev–Trinajstić information content (AvgIpc) is 2.88. The second-order valence-electron chi connectivity index (χ2n) is 5.27. The molecule has 1 saturated heterocycles. The van der Waals surface area contributed by atoms with Gasteiger partial charge in [0.05, 0.1) is 11.4 Å². The van der Waals surface area contributed by atoms with Crippen LogP contribution in [0.25, 0.3) is 0 Å². The smallest absolute Gasteiger partial charge is 0.279 e. The minimum atomic E-state index is -0.294. The summed E-state index contributed by atoms with van der Waals surface area (Å²) in [6.07, 6.45) is 0.993. The Bertz CT molecular complexity index is 453. The average molecular weight is 296 g/mol. The molecule has 0 aromatic carbocycles. The molecule has 0 radical (unpaired) electrons. The number of nitrogens with one attached hydrogen (secondary N) is 2. The number of nitrogens with zero attached hydrogens (tertiary/aromatic N) is 1. The lowest BCUT2D eigenvalue weighted by Gasteiger charge is -2.34. The summed E-state index contributed by atoms with van der Waals surface area (Å²) in [7, 11) is 0. The summed E-state index contributed by atoms with van der Waals surface area (Å²) < 4.78 is 0. The van der Waals surface area contributed by atoms with Crippen LogP contribution in [0.15, 0.2) is 17.5 Å². The van der Waals surface area contributed by atoms with E-state index in [0.717, 1.165) is 19.5 Å². The third-order valence-electron chi connectivity index (χ3n) is 3.20. The van der Waals surface area contributed by atoms with Crippen LogP contribution in [0.4, 0.5) is 0 Å². The summed E-state index contributed by atoms with van der Waals surface area (Å²) in [5.74, 6) is -0.0273. The molecule has 2 heterocycles. The van der Waals surface area contributed by atoms with Crippen molar-refractivity contribution in [3.8, 4) is 0 Å². The van der Waals surface area contributed by atoms with E-state index in [1.165, 1.54) is 11.3 Å². The predicted molar refractivity (Wildman–Crippen MR) is 78.1 cm³/mol. The first-order valence-electron chi connectivity index (χ1n) is 6.65. The van der Waals surface area contributed by atoms with Crippen molar-refractivity contribution < 1.29 is 9.59 Å². The second-order valence-corrected chi connectivity index (χ2v) is 6.22. The van der Waals surface area contributed by atoms with Gasteiger partial charge in [-0.15, -0.1) is 11.3 Å². The van der Waals surface area contributed by atoms with Gasteiger partial charge in [-0.1, -0.05) is 13.0 Å². The van der Waals surface area contributed by atoms with Crippen LogP contribution >= 0.6 is 11.3 Å². The maximum atomic E-state index is 11.8. The SMILES string of the molecule is CC1CC(N)CN(CC(=O)NNC(=O)c2cccs2)C1. The minimum Gasteiger partial charge on any atom is -0.327 e. The van der Waals surface area contributed by atoms with E-state index in [1.54, 1.807) is 12.1 Å². The molecule has 0 saturated carbocycles. The van der Waals surface area contributed by atoms with Gasteiger partial charge in [0.1, 0.15) is 0 Å². The van der Waals surface area contributed by atoms with Gasteiger partial charge in [0, 0.05) is 19.1 Å². The van der Waals surface area contributed by atoms with Gasteiger partial charge in [-0.05, 0) is 23.8 Å². The van der Waals surface area contributed by atoms with E-state index in [1.807, 2.05) is 10.3 Å². The van der Waals surface area contributed by atoms with Gasteiger partial charge in [-0.2, -0.15) is 0 Å². The highest BCUT2D eigenvalue weighted by atomic mass is 32.1. The van der Waals surface area contributed by atoms with Crippen LogP contribution in [0.2, 0.25) is 0 Å². The minimum absolute atomic E-state index is 0.118. The number of hydrazine groups is 1. The molecular weight excluding hydrogens is 276 g/mol. The molecule has 2 unspecified atom stereocenters. The maximum Gasteiger partial charge on any atom is 0.279 e. The second kappa shape index (κ2) is 6.83. The van der Waals surface area contributed by atoms with Crippen LogP contribution in [-0.2, 0) is 4.79 Å². The lowest BCUT2D eigenvalue weighted by atomic mass is 9.97. The molecule has 4 N–H and O–H groups in total. The Hall–Kier alpha value is -1.44. The first-order valence-corrected chi connectivity index (χ1v) is 7.53. The molecule has 1 aromatic rings. The highest BCUT2D eigenvalue weighted by Crippen LogP contribution is 2.14. The summed E-state index contributed by atoms with van der Waals surface area (Å²) in [5, 5.41) is 1.81. The van der Waals surface area contributed by atoms with E-state index in [-0.39, 0.29) is 24.4 Å². The topological polar surface area (TPSA) is 87.5 Å². The summed E-state index contributed by atoms with van der Waals surface area (Å²) in [5.41, 5.74) is 10.8. The molecule has 1 aromatic heterocycles. The molecule has 0 aliphatic carbocycles. The number of hydrogen-bond acceptors (Lipinski definition) is 5. The van der Waals surface area contributed by atoms with Crippen molar-refractivity contribution in [1.29, 1.82) is 0 Å². The van der Waals surface area contributed by atoms with Crippen molar-refractivity contribution >= 4 is 23.2 Å². The van der Waals surface area contributed by atoms with Crippen LogP contribution in [0, 0.1) is 5.92 Å². The van der Waals surface area contributed by atoms with Crippen LogP contribution in [0.5, 0.6) is 0 Å². The van der Waals surface area contributed by atoms with Crippen molar-refractivity contribution in [2.45, 2.75) is 19.4 Å². The van der Waals surface area contributed by atoms with Crippen LogP contribution < -0.4 is 16.6 Å². The fourth-order valence-corrected chi connectivity index (χ4v) is 3.10. The van der Waals surface area contributed by atoms with Gasteiger partial charge >= 0.3 is 0 Å².